The first-order valence-corrected chi connectivity index (χ1v) is 7.04. The molecule has 0 bridgehead atoms. The van der Waals surface area contributed by atoms with Crippen LogP contribution in [-0.2, 0) is 6.54 Å². The summed E-state index contributed by atoms with van der Waals surface area (Å²) >= 11 is 1.55. The van der Waals surface area contributed by atoms with Crippen LogP contribution in [0.2, 0.25) is 0 Å². The zero-order valence-electron chi connectivity index (χ0n) is 12.0. The predicted molar refractivity (Wildman–Crippen MR) is 81.5 cm³/mol. The van der Waals surface area contributed by atoms with E-state index in [1.54, 1.807) is 31.4 Å². The number of aryl methyl sites for hydroxylation is 1. The summed E-state index contributed by atoms with van der Waals surface area (Å²) < 4.78 is 18.7. The zero-order chi connectivity index (χ0) is 14.7. The van der Waals surface area contributed by atoms with E-state index in [2.05, 4.69) is 10.3 Å². The molecule has 1 N–H and O–H groups in total. The monoisotopic (exact) mass is 295 g/mol. The summed E-state index contributed by atoms with van der Waals surface area (Å²) in [5.74, 6) is 0.402. The number of aromatic nitrogens is 1. The number of hydrogen-bond donors (Lipinski definition) is 1. The van der Waals surface area contributed by atoms with Crippen LogP contribution in [0.1, 0.15) is 10.4 Å². The first kappa shape index (κ1) is 14.6. The molecular weight excluding hydrogens is 277 g/mol. The fourth-order valence-electron chi connectivity index (χ4n) is 1.67. The standard InChI is InChI=1S/C14H18FN3OS/c1-9-5-6-10(7-11(9)15)16-8-12-13(19-4)17-14(20-12)18(2)3/h5-7,16H,8H2,1-4H3. The van der Waals surface area contributed by atoms with Gasteiger partial charge in [-0.15, -0.1) is 0 Å². The Kier molecular flexibility index (Phi) is 4.44. The van der Waals surface area contributed by atoms with E-state index in [4.69, 9.17) is 4.74 Å². The average Bonchev–Trinajstić information content (AvgIpc) is 2.83. The highest BCUT2D eigenvalue weighted by Crippen LogP contribution is 2.31. The molecule has 0 fully saturated rings. The molecule has 0 saturated heterocycles. The summed E-state index contributed by atoms with van der Waals surface area (Å²) in [4.78, 5) is 7.30. The van der Waals surface area contributed by atoms with Crippen molar-refractivity contribution in [1.29, 1.82) is 0 Å². The highest BCUT2D eigenvalue weighted by molar-refractivity contribution is 7.15. The maximum atomic E-state index is 13.5. The molecule has 0 spiro atoms. The highest BCUT2D eigenvalue weighted by atomic mass is 32.1. The molecule has 0 aliphatic rings. The van der Waals surface area contributed by atoms with Gasteiger partial charge in [-0.2, -0.15) is 4.98 Å². The molecule has 0 aliphatic carbocycles. The maximum Gasteiger partial charge on any atom is 0.231 e. The summed E-state index contributed by atoms with van der Waals surface area (Å²) in [6.45, 7) is 2.30. The third kappa shape index (κ3) is 3.19. The Morgan fingerprint density at radius 3 is 2.75 bits per heavy atom. The Morgan fingerprint density at radius 1 is 1.40 bits per heavy atom. The number of benzene rings is 1. The van der Waals surface area contributed by atoms with E-state index in [0.717, 1.165) is 15.7 Å². The van der Waals surface area contributed by atoms with Gasteiger partial charge in [0.1, 0.15) is 5.82 Å². The number of methoxy groups -OCH3 is 1. The van der Waals surface area contributed by atoms with Crippen molar-refractivity contribution in [3.63, 3.8) is 0 Å². The average molecular weight is 295 g/mol. The van der Waals surface area contributed by atoms with Gasteiger partial charge in [0, 0.05) is 19.8 Å². The van der Waals surface area contributed by atoms with Gasteiger partial charge in [0.2, 0.25) is 5.88 Å². The molecule has 2 aromatic rings. The van der Waals surface area contributed by atoms with E-state index in [9.17, 15) is 4.39 Å². The topological polar surface area (TPSA) is 37.4 Å². The van der Waals surface area contributed by atoms with Crippen molar-refractivity contribution in [3.05, 3.63) is 34.5 Å². The maximum absolute atomic E-state index is 13.5. The van der Waals surface area contributed by atoms with Crippen LogP contribution in [0.15, 0.2) is 18.2 Å². The SMILES string of the molecule is COc1nc(N(C)C)sc1CNc1ccc(C)c(F)c1. The smallest absolute Gasteiger partial charge is 0.231 e. The zero-order valence-corrected chi connectivity index (χ0v) is 12.8. The van der Waals surface area contributed by atoms with Gasteiger partial charge in [0.25, 0.3) is 0 Å². The molecule has 2 rings (SSSR count). The fourth-order valence-corrected chi connectivity index (χ4v) is 2.57. The van der Waals surface area contributed by atoms with E-state index in [1.165, 1.54) is 6.07 Å². The number of nitrogens with zero attached hydrogens (tertiary/aromatic N) is 2. The summed E-state index contributed by atoms with van der Waals surface area (Å²) in [5.41, 5.74) is 1.38. The fraction of sp³-hybridized carbons (Fsp3) is 0.357. The second-order valence-corrected chi connectivity index (χ2v) is 5.70. The van der Waals surface area contributed by atoms with Crippen molar-refractivity contribution < 1.29 is 9.13 Å². The van der Waals surface area contributed by atoms with Crippen LogP contribution in [-0.4, -0.2) is 26.2 Å². The number of nitrogens with one attached hydrogen (secondary N) is 1. The van der Waals surface area contributed by atoms with Gasteiger partial charge in [-0.3, -0.25) is 0 Å². The van der Waals surface area contributed by atoms with Crippen LogP contribution in [0.3, 0.4) is 0 Å². The molecule has 6 heteroatoms. The molecule has 0 atom stereocenters. The molecule has 0 aliphatic heterocycles. The van der Waals surface area contributed by atoms with E-state index in [1.807, 2.05) is 25.1 Å². The largest absolute Gasteiger partial charge is 0.480 e. The molecule has 1 aromatic heterocycles. The van der Waals surface area contributed by atoms with Crippen LogP contribution >= 0.6 is 11.3 Å². The van der Waals surface area contributed by atoms with Gasteiger partial charge in [0.05, 0.1) is 18.5 Å². The van der Waals surface area contributed by atoms with E-state index >= 15 is 0 Å². The van der Waals surface area contributed by atoms with Gasteiger partial charge < -0.3 is 15.0 Å². The van der Waals surface area contributed by atoms with E-state index in [-0.39, 0.29) is 5.82 Å². The van der Waals surface area contributed by atoms with Crippen molar-refractivity contribution in [3.8, 4) is 5.88 Å². The second-order valence-electron chi connectivity index (χ2n) is 4.64. The minimum atomic E-state index is -0.208. The molecule has 108 valence electrons. The summed E-state index contributed by atoms with van der Waals surface area (Å²) in [5, 5.41) is 4.07. The molecule has 0 amide bonds. The van der Waals surface area contributed by atoms with Gasteiger partial charge >= 0.3 is 0 Å². The Balaban J connectivity index is 2.11. The lowest BCUT2D eigenvalue weighted by atomic mass is 10.2. The Morgan fingerprint density at radius 2 is 2.15 bits per heavy atom. The first-order chi connectivity index (χ1) is 9.51. The van der Waals surface area contributed by atoms with Gasteiger partial charge in [-0.25, -0.2) is 4.39 Å². The first-order valence-electron chi connectivity index (χ1n) is 6.22. The van der Waals surface area contributed by atoms with Gasteiger partial charge in [0.15, 0.2) is 5.13 Å². The number of anilines is 2. The van der Waals surface area contributed by atoms with Crippen LogP contribution < -0.4 is 15.0 Å². The van der Waals surface area contributed by atoms with Crippen molar-refractivity contribution in [1.82, 2.24) is 4.98 Å². The van der Waals surface area contributed by atoms with Crippen LogP contribution in [0, 0.1) is 12.7 Å². The molecule has 20 heavy (non-hydrogen) atoms. The number of rotatable bonds is 5. The number of ether oxygens (including phenoxy) is 1. The molecule has 0 unspecified atom stereocenters. The summed E-state index contributed by atoms with van der Waals surface area (Å²) in [6.07, 6.45) is 0. The Labute approximate surface area is 122 Å². The lowest BCUT2D eigenvalue weighted by molar-refractivity contribution is 0.397. The number of halogens is 1. The molecule has 1 aromatic carbocycles. The number of hydrogen-bond acceptors (Lipinski definition) is 5. The number of thiazole rings is 1. The van der Waals surface area contributed by atoms with Crippen LogP contribution in [0.5, 0.6) is 5.88 Å². The van der Waals surface area contributed by atoms with Crippen molar-refractivity contribution in [2.75, 3.05) is 31.4 Å². The normalized spacial score (nSPS) is 10.4. The predicted octanol–water partition coefficient (Wildman–Crippen LogP) is 3.28. The third-order valence-corrected chi connectivity index (χ3v) is 4.06. The van der Waals surface area contributed by atoms with Crippen molar-refractivity contribution in [2.45, 2.75) is 13.5 Å². The Hall–Kier alpha value is -1.82. The highest BCUT2D eigenvalue weighted by Gasteiger charge is 2.13. The quantitative estimate of drug-likeness (QED) is 0.918. The molecule has 0 radical (unpaired) electrons. The van der Waals surface area contributed by atoms with Crippen molar-refractivity contribution >= 4 is 22.2 Å². The lowest BCUT2D eigenvalue weighted by Gasteiger charge is -2.07. The summed E-state index contributed by atoms with van der Waals surface area (Å²) in [7, 11) is 5.47. The second kappa shape index (κ2) is 6.09. The minimum absolute atomic E-state index is 0.208. The van der Waals surface area contributed by atoms with Gasteiger partial charge in [-0.1, -0.05) is 17.4 Å². The van der Waals surface area contributed by atoms with E-state index < -0.39 is 0 Å². The van der Waals surface area contributed by atoms with Crippen LogP contribution in [0.25, 0.3) is 0 Å². The minimum Gasteiger partial charge on any atom is -0.480 e. The lowest BCUT2D eigenvalue weighted by Crippen LogP contribution is -2.07. The molecule has 0 saturated carbocycles. The molecular formula is C14H18FN3OS. The van der Waals surface area contributed by atoms with E-state index in [0.29, 0.717) is 18.0 Å². The van der Waals surface area contributed by atoms with Gasteiger partial charge in [-0.05, 0) is 24.6 Å². The Bertz CT molecular complexity index is 598. The molecule has 1 heterocycles. The molecule has 4 nitrogen and oxygen atoms in total. The summed E-state index contributed by atoms with van der Waals surface area (Å²) in [6, 6.07) is 5.11. The third-order valence-electron chi connectivity index (χ3n) is 2.85. The van der Waals surface area contributed by atoms with Crippen LogP contribution in [0.4, 0.5) is 15.2 Å². The van der Waals surface area contributed by atoms with Crippen molar-refractivity contribution in [2.24, 2.45) is 0 Å².